The summed E-state index contributed by atoms with van der Waals surface area (Å²) in [5.74, 6) is -2.68. The maximum absolute atomic E-state index is 13.6. The third-order valence-corrected chi connectivity index (χ3v) is 5.44. The molecule has 0 N–H and O–H groups in total. The van der Waals surface area contributed by atoms with Crippen LogP contribution >= 0.6 is 0 Å². The molecule has 1 aromatic heterocycles. The predicted molar refractivity (Wildman–Crippen MR) is 104 cm³/mol. The number of benzene rings is 2. The molecule has 4 rings (SSSR count). The van der Waals surface area contributed by atoms with Crippen LogP contribution in [0.3, 0.4) is 0 Å². The van der Waals surface area contributed by atoms with E-state index in [1.165, 1.54) is 22.8 Å². The zero-order chi connectivity index (χ0) is 21.6. The van der Waals surface area contributed by atoms with Crippen LogP contribution in [0.1, 0.15) is 29.3 Å². The molecule has 0 fully saturated rings. The Bertz CT molecular complexity index is 1150. The van der Waals surface area contributed by atoms with E-state index < -0.39 is 17.5 Å². The van der Waals surface area contributed by atoms with Crippen LogP contribution in [-0.4, -0.2) is 28.5 Å². The van der Waals surface area contributed by atoms with Gasteiger partial charge >= 0.3 is 6.18 Å². The molecule has 0 aliphatic carbocycles. The summed E-state index contributed by atoms with van der Waals surface area (Å²) in [5, 5.41) is 0.141. The van der Waals surface area contributed by atoms with Crippen molar-refractivity contribution in [2.45, 2.75) is 38.5 Å². The van der Waals surface area contributed by atoms with Gasteiger partial charge in [0.15, 0.2) is 0 Å². The molecule has 1 amide bonds. The molecule has 3 aromatic rings. The Balaban J connectivity index is 1.72. The van der Waals surface area contributed by atoms with Crippen LogP contribution < -0.4 is 4.90 Å². The van der Waals surface area contributed by atoms with Gasteiger partial charge in [0.05, 0.1) is 5.56 Å². The number of aryl methyl sites for hydroxylation is 1. The Labute approximate surface area is 169 Å². The largest absolute Gasteiger partial charge is 0.454 e. The van der Waals surface area contributed by atoms with Crippen LogP contribution in [0.4, 0.5) is 23.2 Å². The fraction of sp³-hybridized carbons (Fsp3) is 0.273. The molecular formula is C22H18F4N2O2. The van der Waals surface area contributed by atoms with Crippen LogP contribution in [0.25, 0.3) is 10.9 Å². The van der Waals surface area contributed by atoms with Crippen LogP contribution in [0, 0.1) is 5.82 Å². The lowest BCUT2D eigenvalue weighted by Crippen LogP contribution is -2.43. The highest BCUT2D eigenvalue weighted by Gasteiger charge is 2.41. The predicted octanol–water partition coefficient (Wildman–Crippen LogP) is 4.89. The minimum Gasteiger partial charge on any atom is -0.337 e. The number of alkyl halides is 3. The van der Waals surface area contributed by atoms with Crippen molar-refractivity contribution < 1.29 is 27.2 Å². The Hall–Kier alpha value is -3.16. The fourth-order valence-electron chi connectivity index (χ4n) is 4.03. The van der Waals surface area contributed by atoms with Crippen LogP contribution in [0.2, 0.25) is 0 Å². The van der Waals surface area contributed by atoms with Gasteiger partial charge in [-0.3, -0.25) is 9.59 Å². The number of halogens is 4. The third-order valence-electron chi connectivity index (χ3n) is 5.44. The molecule has 0 saturated carbocycles. The standard InChI is InChI=1S/C22H18F4N2O2/c1-13-6-7-14-10-15(23)8-9-18(14)28(13)20(29)12-27-11-17(21(30)22(24,25)26)16-4-2-3-5-19(16)27/h2-5,8-11,13H,6-7,12H2,1H3/t13-/m0/s1. The number of carbonyl (C=O) groups excluding carboxylic acids is 2. The van der Waals surface area contributed by atoms with Crippen molar-refractivity contribution in [1.29, 1.82) is 0 Å². The number of nitrogens with zero attached hydrogens (tertiary/aromatic N) is 2. The number of hydrogen-bond acceptors (Lipinski definition) is 2. The van der Waals surface area contributed by atoms with E-state index in [0.29, 0.717) is 29.6 Å². The highest BCUT2D eigenvalue weighted by Crippen LogP contribution is 2.33. The summed E-state index contributed by atoms with van der Waals surface area (Å²) in [5.41, 5.74) is 1.19. The van der Waals surface area contributed by atoms with Gasteiger partial charge in [0.1, 0.15) is 12.4 Å². The first-order chi connectivity index (χ1) is 14.2. The molecule has 0 radical (unpaired) electrons. The van der Waals surface area contributed by atoms with Crippen molar-refractivity contribution in [3.8, 4) is 0 Å². The molecule has 30 heavy (non-hydrogen) atoms. The minimum absolute atomic E-state index is 0.141. The van der Waals surface area contributed by atoms with Gasteiger partial charge in [-0.05, 0) is 49.6 Å². The zero-order valence-corrected chi connectivity index (χ0v) is 16.0. The molecule has 0 spiro atoms. The Morgan fingerprint density at radius 2 is 1.87 bits per heavy atom. The number of ketones is 1. The number of anilines is 1. The van der Waals surface area contributed by atoms with E-state index in [9.17, 15) is 27.2 Å². The summed E-state index contributed by atoms with van der Waals surface area (Å²) in [6.07, 6.45) is -2.65. The van der Waals surface area contributed by atoms with Crippen molar-refractivity contribution in [2.75, 3.05) is 4.90 Å². The van der Waals surface area contributed by atoms with Crippen molar-refractivity contribution >= 4 is 28.3 Å². The number of para-hydroxylation sites is 1. The van der Waals surface area contributed by atoms with Gasteiger partial charge in [-0.25, -0.2) is 4.39 Å². The number of Topliss-reactive ketones (excluding diaryl/α,β-unsaturated/α-hetero) is 1. The second kappa shape index (κ2) is 7.27. The monoisotopic (exact) mass is 418 g/mol. The molecule has 0 saturated heterocycles. The normalized spacial score (nSPS) is 16.6. The molecule has 1 atom stereocenters. The summed E-state index contributed by atoms with van der Waals surface area (Å²) >= 11 is 0. The van der Waals surface area contributed by atoms with Crippen molar-refractivity contribution in [2.24, 2.45) is 0 Å². The van der Waals surface area contributed by atoms with Gasteiger partial charge < -0.3 is 9.47 Å². The van der Waals surface area contributed by atoms with Gasteiger partial charge in [0.25, 0.3) is 5.78 Å². The SMILES string of the molecule is C[C@H]1CCc2cc(F)ccc2N1C(=O)Cn1cc(C(=O)C(F)(F)F)c2ccccc21. The lowest BCUT2D eigenvalue weighted by Gasteiger charge is -2.35. The average Bonchev–Trinajstić information content (AvgIpc) is 3.05. The molecular weight excluding hydrogens is 400 g/mol. The number of aromatic nitrogens is 1. The zero-order valence-electron chi connectivity index (χ0n) is 16.0. The molecule has 2 aromatic carbocycles. The first kappa shape index (κ1) is 20.1. The van der Waals surface area contributed by atoms with Crippen LogP contribution in [-0.2, 0) is 17.8 Å². The Kier molecular flexibility index (Phi) is 4.88. The summed E-state index contributed by atoms with van der Waals surface area (Å²) in [6.45, 7) is 1.63. The fourth-order valence-corrected chi connectivity index (χ4v) is 4.03. The summed E-state index contributed by atoms with van der Waals surface area (Å²) < 4.78 is 54.0. The lowest BCUT2D eigenvalue weighted by atomic mass is 9.96. The lowest BCUT2D eigenvalue weighted by molar-refractivity contribution is -0.119. The highest BCUT2D eigenvalue weighted by molar-refractivity contribution is 6.11. The van der Waals surface area contributed by atoms with E-state index in [0.717, 1.165) is 6.20 Å². The van der Waals surface area contributed by atoms with E-state index >= 15 is 0 Å². The second-order valence-electron chi connectivity index (χ2n) is 7.44. The van der Waals surface area contributed by atoms with Crippen molar-refractivity contribution in [3.63, 3.8) is 0 Å². The molecule has 8 heteroatoms. The second-order valence-corrected chi connectivity index (χ2v) is 7.44. The molecule has 1 aliphatic rings. The first-order valence-corrected chi connectivity index (χ1v) is 9.46. The van der Waals surface area contributed by atoms with E-state index in [2.05, 4.69) is 0 Å². The molecule has 1 aliphatic heterocycles. The summed E-state index contributed by atoms with van der Waals surface area (Å²) in [4.78, 5) is 26.6. The average molecular weight is 418 g/mol. The molecule has 156 valence electrons. The van der Waals surface area contributed by atoms with E-state index in [-0.39, 0.29) is 29.7 Å². The Morgan fingerprint density at radius 1 is 1.13 bits per heavy atom. The van der Waals surface area contributed by atoms with Crippen LogP contribution in [0.15, 0.2) is 48.7 Å². The Morgan fingerprint density at radius 3 is 2.60 bits per heavy atom. The summed E-state index contributed by atoms with van der Waals surface area (Å²) in [7, 11) is 0. The number of carbonyl (C=O) groups is 2. The van der Waals surface area contributed by atoms with Gasteiger partial charge in [-0.15, -0.1) is 0 Å². The number of fused-ring (bicyclic) bond motifs is 2. The minimum atomic E-state index is -5.01. The first-order valence-electron chi connectivity index (χ1n) is 9.46. The van der Waals surface area contributed by atoms with Gasteiger partial charge in [-0.2, -0.15) is 13.2 Å². The topological polar surface area (TPSA) is 42.3 Å². The molecule has 2 heterocycles. The van der Waals surface area contributed by atoms with Crippen LogP contribution in [0.5, 0.6) is 0 Å². The van der Waals surface area contributed by atoms with E-state index in [1.54, 1.807) is 29.2 Å². The summed E-state index contributed by atoms with van der Waals surface area (Å²) in [6, 6.07) is 10.2. The maximum Gasteiger partial charge on any atom is 0.454 e. The maximum atomic E-state index is 13.6. The highest BCUT2D eigenvalue weighted by atomic mass is 19.4. The van der Waals surface area contributed by atoms with Gasteiger partial charge in [-0.1, -0.05) is 18.2 Å². The molecule has 0 bridgehead atoms. The third kappa shape index (κ3) is 3.46. The van der Waals surface area contributed by atoms with Gasteiger partial charge in [0, 0.05) is 28.8 Å². The number of amides is 1. The quantitative estimate of drug-likeness (QED) is 0.449. The number of rotatable bonds is 3. The smallest absolute Gasteiger partial charge is 0.337 e. The number of hydrogen-bond donors (Lipinski definition) is 0. The van der Waals surface area contributed by atoms with Crippen molar-refractivity contribution in [3.05, 3.63) is 65.6 Å². The van der Waals surface area contributed by atoms with E-state index in [4.69, 9.17) is 0 Å². The molecule has 0 unspecified atom stereocenters. The molecule has 4 nitrogen and oxygen atoms in total. The van der Waals surface area contributed by atoms with Gasteiger partial charge in [0.2, 0.25) is 5.91 Å². The van der Waals surface area contributed by atoms with E-state index in [1.807, 2.05) is 6.92 Å². The van der Waals surface area contributed by atoms with Crippen molar-refractivity contribution in [1.82, 2.24) is 4.57 Å².